The van der Waals surface area contributed by atoms with Crippen LogP contribution in [-0.4, -0.2) is 29.2 Å². The molecule has 106 valence electrons. The largest absolute Gasteiger partial charge is 0.491 e. The molecule has 1 aromatic carbocycles. The van der Waals surface area contributed by atoms with Gasteiger partial charge in [0.1, 0.15) is 5.75 Å². The van der Waals surface area contributed by atoms with Crippen molar-refractivity contribution in [1.82, 2.24) is 9.97 Å². The fourth-order valence-electron chi connectivity index (χ4n) is 1.77. The number of rotatable bonds is 6. The summed E-state index contributed by atoms with van der Waals surface area (Å²) in [5, 5.41) is 3.07. The highest BCUT2D eigenvalue weighted by Crippen LogP contribution is 2.21. The first-order chi connectivity index (χ1) is 9.69. The van der Waals surface area contributed by atoms with Crippen molar-refractivity contribution in [3.05, 3.63) is 36.5 Å². The molecule has 20 heavy (non-hydrogen) atoms. The van der Waals surface area contributed by atoms with Crippen LogP contribution in [0.15, 0.2) is 36.5 Å². The van der Waals surface area contributed by atoms with Crippen molar-refractivity contribution in [3.63, 3.8) is 0 Å². The summed E-state index contributed by atoms with van der Waals surface area (Å²) in [6, 6.07) is 9.76. The summed E-state index contributed by atoms with van der Waals surface area (Å²) in [6.07, 6.45) is 1.91. The Morgan fingerprint density at radius 1 is 1.20 bits per heavy atom. The summed E-state index contributed by atoms with van der Waals surface area (Å²) in [5.41, 5.74) is 7.35. The number of hydrogen-bond donors (Lipinski definition) is 2. The Balaban J connectivity index is 2.14. The van der Waals surface area contributed by atoms with E-state index in [0.29, 0.717) is 19.0 Å². The number of nitrogens with one attached hydrogen (secondary N) is 1. The van der Waals surface area contributed by atoms with E-state index < -0.39 is 0 Å². The molecule has 0 saturated carbocycles. The predicted octanol–water partition coefficient (Wildman–Crippen LogP) is 2.30. The Hall–Kier alpha value is -2.14. The normalized spacial score (nSPS) is 10.6. The first-order valence-electron chi connectivity index (χ1n) is 6.73. The first-order valence-corrected chi connectivity index (χ1v) is 6.73. The second-order valence-corrected chi connectivity index (χ2v) is 4.67. The molecule has 0 saturated heterocycles. The van der Waals surface area contributed by atoms with Crippen molar-refractivity contribution >= 4 is 5.95 Å². The molecule has 0 aliphatic carbocycles. The molecule has 1 heterocycles. The van der Waals surface area contributed by atoms with E-state index in [1.165, 1.54) is 0 Å². The smallest absolute Gasteiger partial charge is 0.223 e. The number of ether oxygens (including phenoxy) is 1. The lowest BCUT2D eigenvalue weighted by Gasteiger charge is -2.10. The Morgan fingerprint density at radius 3 is 2.60 bits per heavy atom. The molecule has 0 spiro atoms. The van der Waals surface area contributed by atoms with Crippen LogP contribution >= 0.6 is 0 Å². The van der Waals surface area contributed by atoms with Gasteiger partial charge in [-0.15, -0.1) is 0 Å². The SMILES string of the molecule is CC(C)Oc1ccc(-c2ccnc(NCCN)n2)cc1. The Bertz CT molecular complexity index is 540. The molecule has 5 nitrogen and oxygen atoms in total. The third kappa shape index (κ3) is 3.93. The van der Waals surface area contributed by atoms with Gasteiger partial charge in [-0.1, -0.05) is 0 Å². The maximum absolute atomic E-state index is 5.62. The first kappa shape index (κ1) is 14.3. The van der Waals surface area contributed by atoms with Crippen molar-refractivity contribution in [2.45, 2.75) is 20.0 Å². The quantitative estimate of drug-likeness (QED) is 0.844. The highest BCUT2D eigenvalue weighted by molar-refractivity contribution is 5.60. The maximum atomic E-state index is 5.62. The van der Waals surface area contributed by atoms with Crippen LogP contribution in [0.3, 0.4) is 0 Å². The highest BCUT2D eigenvalue weighted by atomic mass is 16.5. The van der Waals surface area contributed by atoms with Crippen LogP contribution in [0.5, 0.6) is 5.75 Å². The van der Waals surface area contributed by atoms with Crippen LogP contribution in [0.25, 0.3) is 11.3 Å². The molecule has 0 aliphatic heterocycles. The maximum Gasteiger partial charge on any atom is 0.223 e. The molecule has 0 radical (unpaired) electrons. The molecule has 2 aromatic rings. The zero-order valence-corrected chi connectivity index (χ0v) is 11.8. The van der Waals surface area contributed by atoms with Crippen LogP contribution in [0.4, 0.5) is 5.95 Å². The third-order valence-electron chi connectivity index (χ3n) is 2.60. The summed E-state index contributed by atoms with van der Waals surface area (Å²) in [6.45, 7) is 5.22. The van der Waals surface area contributed by atoms with Crippen LogP contribution in [0.2, 0.25) is 0 Å². The number of nitrogens with zero attached hydrogens (tertiary/aromatic N) is 2. The van der Waals surface area contributed by atoms with Crippen molar-refractivity contribution in [1.29, 1.82) is 0 Å². The average Bonchev–Trinajstić information content (AvgIpc) is 2.45. The number of anilines is 1. The van der Waals surface area contributed by atoms with Gasteiger partial charge in [-0.3, -0.25) is 0 Å². The second-order valence-electron chi connectivity index (χ2n) is 4.67. The van der Waals surface area contributed by atoms with Gasteiger partial charge in [0.15, 0.2) is 0 Å². The molecule has 0 atom stereocenters. The predicted molar refractivity (Wildman–Crippen MR) is 80.8 cm³/mol. The van der Waals surface area contributed by atoms with E-state index in [2.05, 4.69) is 15.3 Å². The van der Waals surface area contributed by atoms with E-state index in [-0.39, 0.29) is 6.10 Å². The summed E-state index contributed by atoms with van der Waals surface area (Å²) in [7, 11) is 0. The number of aromatic nitrogens is 2. The summed E-state index contributed by atoms with van der Waals surface area (Å²) in [4.78, 5) is 8.61. The van der Waals surface area contributed by atoms with Gasteiger partial charge in [-0.05, 0) is 44.2 Å². The van der Waals surface area contributed by atoms with Gasteiger partial charge < -0.3 is 15.8 Å². The summed E-state index contributed by atoms with van der Waals surface area (Å²) < 4.78 is 5.62. The lowest BCUT2D eigenvalue weighted by molar-refractivity contribution is 0.242. The van der Waals surface area contributed by atoms with Gasteiger partial charge in [0.25, 0.3) is 0 Å². The highest BCUT2D eigenvalue weighted by Gasteiger charge is 2.03. The minimum absolute atomic E-state index is 0.173. The topological polar surface area (TPSA) is 73.1 Å². The molecule has 0 unspecified atom stereocenters. The minimum Gasteiger partial charge on any atom is -0.491 e. The Morgan fingerprint density at radius 2 is 1.95 bits per heavy atom. The lowest BCUT2D eigenvalue weighted by Crippen LogP contribution is -2.14. The van der Waals surface area contributed by atoms with Crippen LogP contribution in [0, 0.1) is 0 Å². The molecule has 0 aliphatic rings. The van der Waals surface area contributed by atoms with Gasteiger partial charge in [-0.2, -0.15) is 0 Å². The molecule has 3 N–H and O–H groups in total. The summed E-state index contributed by atoms with van der Waals surface area (Å²) >= 11 is 0. The molecular formula is C15H20N4O. The van der Waals surface area contributed by atoms with Crippen molar-refractivity contribution in [2.24, 2.45) is 5.73 Å². The molecule has 2 rings (SSSR count). The van der Waals surface area contributed by atoms with E-state index in [9.17, 15) is 0 Å². The monoisotopic (exact) mass is 272 g/mol. The Labute approximate surface area is 119 Å². The van der Waals surface area contributed by atoms with Gasteiger partial charge in [0.2, 0.25) is 5.95 Å². The van der Waals surface area contributed by atoms with Crippen molar-refractivity contribution < 1.29 is 4.74 Å². The fraction of sp³-hybridized carbons (Fsp3) is 0.333. The number of hydrogen-bond acceptors (Lipinski definition) is 5. The average molecular weight is 272 g/mol. The van der Waals surface area contributed by atoms with Gasteiger partial charge >= 0.3 is 0 Å². The molecular weight excluding hydrogens is 252 g/mol. The second kappa shape index (κ2) is 6.86. The van der Waals surface area contributed by atoms with E-state index in [1.807, 2.05) is 44.2 Å². The minimum atomic E-state index is 0.173. The van der Waals surface area contributed by atoms with E-state index in [0.717, 1.165) is 17.0 Å². The zero-order chi connectivity index (χ0) is 14.4. The standard InChI is InChI=1S/C15H20N4O/c1-11(2)20-13-5-3-12(4-6-13)14-7-9-17-15(19-14)18-10-8-16/h3-7,9,11H,8,10,16H2,1-2H3,(H,17,18,19). The molecule has 0 bridgehead atoms. The molecule has 5 heteroatoms. The number of nitrogens with two attached hydrogens (primary N) is 1. The van der Waals surface area contributed by atoms with Gasteiger partial charge in [0.05, 0.1) is 11.8 Å². The lowest BCUT2D eigenvalue weighted by atomic mass is 10.1. The molecule has 0 fully saturated rings. The van der Waals surface area contributed by atoms with E-state index in [1.54, 1.807) is 6.20 Å². The molecule has 0 amide bonds. The van der Waals surface area contributed by atoms with Crippen molar-refractivity contribution in [2.75, 3.05) is 18.4 Å². The number of benzene rings is 1. The third-order valence-corrected chi connectivity index (χ3v) is 2.60. The van der Waals surface area contributed by atoms with E-state index in [4.69, 9.17) is 10.5 Å². The van der Waals surface area contributed by atoms with Crippen LogP contribution in [-0.2, 0) is 0 Å². The zero-order valence-electron chi connectivity index (χ0n) is 11.8. The fourth-order valence-corrected chi connectivity index (χ4v) is 1.77. The Kier molecular flexibility index (Phi) is 4.90. The van der Waals surface area contributed by atoms with E-state index >= 15 is 0 Å². The summed E-state index contributed by atoms with van der Waals surface area (Å²) in [5.74, 6) is 1.45. The van der Waals surface area contributed by atoms with Crippen LogP contribution < -0.4 is 15.8 Å². The van der Waals surface area contributed by atoms with Gasteiger partial charge in [0, 0.05) is 24.8 Å². The van der Waals surface area contributed by atoms with Crippen molar-refractivity contribution in [3.8, 4) is 17.0 Å². The van der Waals surface area contributed by atoms with Gasteiger partial charge in [-0.25, -0.2) is 9.97 Å². The molecule has 1 aromatic heterocycles. The van der Waals surface area contributed by atoms with Crippen LogP contribution in [0.1, 0.15) is 13.8 Å².